The van der Waals surface area contributed by atoms with Crippen LogP contribution in [0.1, 0.15) is 23.3 Å². The van der Waals surface area contributed by atoms with Gasteiger partial charge in [0.2, 0.25) is 0 Å². The molecule has 6 heteroatoms. The first-order valence-corrected chi connectivity index (χ1v) is 8.76. The van der Waals surface area contributed by atoms with Crippen LogP contribution in [0.25, 0.3) is 11.3 Å². The number of H-pyrrole nitrogens is 1. The van der Waals surface area contributed by atoms with E-state index in [9.17, 15) is 4.79 Å². The molecule has 0 bridgehead atoms. The lowest BCUT2D eigenvalue weighted by Crippen LogP contribution is -2.32. The quantitative estimate of drug-likeness (QED) is 0.925. The van der Waals surface area contributed by atoms with Crippen molar-refractivity contribution >= 4 is 17.7 Å². The van der Waals surface area contributed by atoms with Crippen LogP contribution in [0.3, 0.4) is 0 Å². The molecular weight excluding hydrogens is 296 g/mol. The van der Waals surface area contributed by atoms with Crippen LogP contribution >= 0.6 is 11.8 Å². The topological polar surface area (TPSA) is 61.9 Å². The third kappa shape index (κ3) is 2.31. The minimum Gasteiger partial charge on any atom is -0.337 e. The Bertz CT molecular complexity index is 678. The molecule has 0 saturated carbocycles. The highest BCUT2D eigenvalue weighted by atomic mass is 32.2. The summed E-state index contributed by atoms with van der Waals surface area (Å²) in [5.41, 5.74) is 2.35. The third-order valence-corrected chi connectivity index (χ3v) is 6.02. The number of carbonyl (C=O) groups excluding carboxylic acids is 1. The molecule has 114 valence electrons. The zero-order valence-corrected chi connectivity index (χ0v) is 13.1. The smallest absolute Gasteiger partial charge is 0.276 e. The molecule has 5 nitrogen and oxygen atoms in total. The highest BCUT2D eigenvalue weighted by Gasteiger charge is 2.43. The van der Waals surface area contributed by atoms with Crippen molar-refractivity contribution in [2.24, 2.45) is 5.41 Å². The summed E-state index contributed by atoms with van der Waals surface area (Å²) >= 11 is 2.01. The van der Waals surface area contributed by atoms with Gasteiger partial charge in [-0.05, 0) is 24.0 Å². The molecule has 22 heavy (non-hydrogen) atoms. The van der Waals surface area contributed by atoms with Gasteiger partial charge in [0, 0.05) is 24.4 Å². The van der Waals surface area contributed by atoms with Gasteiger partial charge >= 0.3 is 0 Å². The average molecular weight is 314 g/mol. The highest BCUT2D eigenvalue weighted by molar-refractivity contribution is 7.99. The summed E-state index contributed by atoms with van der Waals surface area (Å²) in [4.78, 5) is 14.8. The summed E-state index contributed by atoms with van der Waals surface area (Å²) < 4.78 is 0. The SMILES string of the molecule is O=C(c1n[nH]nc1-c1ccccc1)N1CCC2(CCSC2)C1. The maximum atomic E-state index is 12.8. The molecular formula is C16H18N4OS. The Kier molecular flexibility index (Phi) is 3.41. The van der Waals surface area contributed by atoms with Gasteiger partial charge < -0.3 is 4.90 Å². The number of thioether (sulfide) groups is 1. The normalized spacial score (nSPS) is 24.3. The fourth-order valence-electron chi connectivity index (χ4n) is 3.41. The Hall–Kier alpha value is -1.82. The predicted molar refractivity (Wildman–Crippen MR) is 86.7 cm³/mol. The summed E-state index contributed by atoms with van der Waals surface area (Å²) in [6.45, 7) is 1.69. The van der Waals surface area contributed by atoms with Crippen molar-refractivity contribution in [1.82, 2.24) is 20.3 Å². The molecule has 2 aliphatic rings. The Balaban J connectivity index is 1.58. The predicted octanol–water partition coefficient (Wildman–Crippen LogP) is 2.44. The highest BCUT2D eigenvalue weighted by Crippen LogP contribution is 2.43. The molecule has 0 aliphatic carbocycles. The van der Waals surface area contributed by atoms with Gasteiger partial charge in [0.15, 0.2) is 5.69 Å². The van der Waals surface area contributed by atoms with Gasteiger partial charge in [-0.15, -0.1) is 0 Å². The Morgan fingerprint density at radius 3 is 2.86 bits per heavy atom. The van der Waals surface area contributed by atoms with Crippen molar-refractivity contribution in [3.8, 4) is 11.3 Å². The molecule has 2 aromatic rings. The molecule has 2 fully saturated rings. The number of carbonyl (C=O) groups is 1. The van der Waals surface area contributed by atoms with Crippen molar-refractivity contribution in [1.29, 1.82) is 0 Å². The summed E-state index contributed by atoms with van der Waals surface area (Å²) in [5, 5.41) is 10.9. The number of aromatic nitrogens is 3. The van der Waals surface area contributed by atoms with E-state index >= 15 is 0 Å². The van der Waals surface area contributed by atoms with E-state index in [0.29, 0.717) is 16.8 Å². The van der Waals surface area contributed by atoms with Crippen LogP contribution in [-0.4, -0.2) is 50.8 Å². The summed E-state index contributed by atoms with van der Waals surface area (Å²) in [5.74, 6) is 2.41. The van der Waals surface area contributed by atoms with Gasteiger partial charge in [0.1, 0.15) is 5.69 Å². The summed E-state index contributed by atoms with van der Waals surface area (Å²) in [6.07, 6.45) is 2.34. The number of amides is 1. The van der Waals surface area contributed by atoms with Crippen LogP contribution in [0, 0.1) is 5.41 Å². The molecule has 0 radical (unpaired) electrons. The maximum absolute atomic E-state index is 12.8. The number of hydrogen-bond acceptors (Lipinski definition) is 4. The average Bonchev–Trinajstić information content (AvgIpc) is 3.29. The third-order valence-electron chi connectivity index (χ3n) is 4.71. The first-order valence-electron chi connectivity index (χ1n) is 7.61. The molecule has 1 amide bonds. The first-order chi connectivity index (χ1) is 10.8. The Morgan fingerprint density at radius 2 is 2.09 bits per heavy atom. The summed E-state index contributed by atoms with van der Waals surface area (Å²) in [6, 6.07) is 9.74. The Labute approximate surface area is 133 Å². The lowest BCUT2D eigenvalue weighted by atomic mass is 9.87. The van der Waals surface area contributed by atoms with Crippen LogP contribution in [0.4, 0.5) is 0 Å². The minimum absolute atomic E-state index is 0.00128. The van der Waals surface area contributed by atoms with Crippen molar-refractivity contribution < 1.29 is 4.79 Å². The second-order valence-corrected chi connectivity index (χ2v) is 7.27. The number of benzene rings is 1. The second kappa shape index (κ2) is 5.43. The molecule has 1 atom stereocenters. The van der Waals surface area contributed by atoms with Gasteiger partial charge in [-0.2, -0.15) is 27.2 Å². The maximum Gasteiger partial charge on any atom is 0.276 e. The monoisotopic (exact) mass is 314 g/mol. The Morgan fingerprint density at radius 1 is 1.23 bits per heavy atom. The van der Waals surface area contributed by atoms with Gasteiger partial charge in [0.25, 0.3) is 5.91 Å². The van der Waals surface area contributed by atoms with E-state index in [4.69, 9.17) is 0 Å². The zero-order chi connectivity index (χ0) is 15.0. The molecule has 2 saturated heterocycles. The molecule has 1 aromatic carbocycles. The van der Waals surface area contributed by atoms with Crippen LogP contribution < -0.4 is 0 Å². The minimum atomic E-state index is 0.00128. The molecule has 1 aromatic heterocycles. The molecule has 1 N–H and O–H groups in total. The molecule has 1 unspecified atom stereocenters. The molecule has 3 heterocycles. The number of aromatic amines is 1. The van der Waals surface area contributed by atoms with Crippen molar-refractivity contribution in [3.63, 3.8) is 0 Å². The van der Waals surface area contributed by atoms with Crippen LogP contribution in [-0.2, 0) is 0 Å². The van der Waals surface area contributed by atoms with Gasteiger partial charge in [0.05, 0.1) is 0 Å². The molecule has 2 aliphatic heterocycles. The van der Waals surface area contributed by atoms with E-state index in [2.05, 4.69) is 15.4 Å². The largest absolute Gasteiger partial charge is 0.337 e. The van der Waals surface area contributed by atoms with E-state index in [0.717, 1.165) is 25.1 Å². The molecule has 4 rings (SSSR count). The summed E-state index contributed by atoms with van der Waals surface area (Å²) in [7, 11) is 0. The standard InChI is InChI=1S/C16H18N4OS/c21-15(20-8-6-16(10-20)7-9-22-11-16)14-13(17-19-18-14)12-4-2-1-3-5-12/h1-5H,6-11H2,(H,17,18,19). The van der Waals surface area contributed by atoms with Crippen LogP contribution in [0.5, 0.6) is 0 Å². The molecule has 1 spiro atoms. The zero-order valence-electron chi connectivity index (χ0n) is 12.3. The first kappa shape index (κ1) is 13.8. The lowest BCUT2D eigenvalue weighted by molar-refractivity contribution is 0.0771. The fourth-order valence-corrected chi connectivity index (χ4v) is 4.94. The van der Waals surface area contributed by atoms with Gasteiger partial charge in [-0.1, -0.05) is 30.3 Å². The number of likely N-dealkylation sites (tertiary alicyclic amines) is 1. The lowest BCUT2D eigenvalue weighted by Gasteiger charge is -2.22. The van der Waals surface area contributed by atoms with Crippen LogP contribution in [0.2, 0.25) is 0 Å². The van der Waals surface area contributed by atoms with Gasteiger partial charge in [-0.25, -0.2) is 0 Å². The second-order valence-electron chi connectivity index (χ2n) is 6.17. The van der Waals surface area contributed by atoms with Gasteiger partial charge in [-0.3, -0.25) is 4.79 Å². The van der Waals surface area contributed by atoms with E-state index in [1.807, 2.05) is 47.0 Å². The van der Waals surface area contributed by atoms with E-state index in [1.54, 1.807) is 0 Å². The number of hydrogen-bond donors (Lipinski definition) is 1. The van der Waals surface area contributed by atoms with E-state index < -0.39 is 0 Å². The fraction of sp³-hybridized carbons (Fsp3) is 0.438. The van der Waals surface area contributed by atoms with Crippen molar-refractivity contribution in [2.45, 2.75) is 12.8 Å². The van der Waals surface area contributed by atoms with E-state index in [1.165, 1.54) is 17.9 Å². The van der Waals surface area contributed by atoms with Crippen molar-refractivity contribution in [3.05, 3.63) is 36.0 Å². The van der Waals surface area contributed by atoms with Crippen molar-refractivity contribution in [2.75, 3.05) is 24.6 Å². The van der Waals surface area contributed by atoms with Crippen LogP contribution in [0.15, 0.2) is 30.3 Å². The number of nitrogens with zero attached hydrogens (tertiary/aromatic N) is 3. The van der Waals surface area contributed by atoms with E-state index in [-0.39, 0.29) is 5.91 Å². The number of nitrogens with one attached hydrogen (secondary N) is 1. The number of rotatable bonds is 2.